The molecule has 0 saturated heterocycles. The van der Waals surface area contributed by atoms with Crippen LogP contribution in [0.15, 0.2) is 78.1 Å². The maximum atomic E-state index is 13.1. The predicted octanol–water partition coefficient (Wildman–Crippen LogP) is 4.42. The van der Waals surface area contributed by atoms with E-state index in [2.05, 4.69) is 0 Å². The molecule has 8 heteroatoms. The second kappa shape index (κ2) is 8.44. The molecule has 0 atom stereocenters. The van der Waals surface area contributed by atoms with Crippen molar-refractivity contribution in [3.8, 4) is 0 Å². The van der Waals surface area contributed by atoms with Crippen molar-refractivity contribution in [2.45, 2.75) is 12.1 Å². The van der Waals surface area contributed by atoms with Crippen LogP contribution in [0, 0.1) is 0 Å². The summed E-state index contributed by atoms with van der Waals surface area (Å²) >= 11 is 0. The molecule has 0 aliphatic carbocycles. The van der Waals surface area contributed by atoms with Gasteiger partial charge in [-0.05, 0) is 23.8 Å². The smallest absolute Gasteiger partial charge is 0.416 e. The molecular formula is C22H18F3NO4. The molecular weight excluding hydrogens is 399 g/mol. The first-order chi connectivity index (χ1) is 14.3. The summed E-state index contributed by atoms with van der Waals surface area (Å²) in [7, 11) is 2.38. The number of carbonyl (C=O) groups excluding carboxylic acids is 2. The Kier molecular flexibility index (Phi) is 5.96. The SMILES string of the molecule is COC(=O)C1=CN(c2cccc(C(F)(F)F)c2)C=C(C(=O)OC)C1c1ccccc1. The van der Waals surface area contributed by atoms with Crippen molar-refractivity contribution in [3.05, 3.63) is 89.3 Å². The predicted molar refractivity (Wildman–Crippen MR) is 103 cm³/mol. The van der Waals surface area contributed by atoms with Crippen molar-refractivity contribution in [1.82, 2.24) is 0 Å². The minimum absolute atomic E-state index is 0.0870. The molecule has 30 heavy (non-hydrogen) atoms. The zero-order valence-electron chi connectivity index (χ0n) is 16.1. The molecule has 0 saturated carbocycles. The number of ether oxygens (including phenoxy) is 2. The molecule has 0 unspecified atom stereocenters. The molecule has 1 heterocycles. The van der Waals surface area contributed by atoms with Crippen LogP contribution in [0.25, 0.3) is 0 Å². The van der Waals surface area contributed by atoms with Crippen LogP contribution < -0.4 is 4.90 Å². The van der Waals surface area contributed by atoms with Gasteiger partial charge in [-0.1, -0.05) is 36.4 Å². The van der Waals surface area contributed by atoms with Gasteiger partial charge in [0.1, 0.15) is 0 Å². The number of halogens is 3. The van der Waals surface area contributed by atoms with E-state index in [1.54, 1.807) is 30.3 Å². The summed E-state index contributed by atoms with van der Waals surface area (Å²) in [6.07, 6.45) is -1.81. The molecule has 0 N–H and O–H groups in total. The molecule has 0 aromatic heterocycles. The summed E-state index contributed by atoms with van der Waals surface area (Å²) in [4.78, 5) is 26.4. The lowest BCUT2D eigenvalue weighted by molar-refractivity contribution is -0.138. The van der Waals surface area contributed by atoms with Crippen LogP contribution in [-0.4, -0.2) is 26.2 Å². The van der Waals surface area contributed by atoms with Crippen LogP contribution in [0.1, 0.15) is 17.0 Å². The number of hydrogen-bond donors (Lipinski definition) is 0. The van der Waals surface area contributed by atoms with E-state index in [0.717, 1.165) is 12.1 Å². The third kappa shape index (κ3) is 4.22. The normalized spacial score (nSPS) is 14.6. The standard InChI is InChI=1S/C22H18F3NO4/c1-29-20(27)17-12-26(16-10-6-9-15(11-16)22(23,24)25)13-18(21(28)30-2)19(17)14-7-4-3-5-8-14/h3-13,19H,1-2H3. The lowest BCUT2D eigenvalue weighted by Gasteiger charge is -2.30. The molecule has 2 aromatic carbocycles. The minimum Gasteiger partial charge on any atom is -0.466 e. The van der Waals surface area contributed by atoms with Crippen LogP contribution in [0.5, 0.6) is 0 Å². The Hall–Kier alpha value is -3.55. The van der Waals surface area contributed by atoms with Crippen LogP contribution in [-0.2, 0) is 25.2 Å². The second-order valence-electron chi connectivity index (χ2n) is 6.45. The highest BCUT2D eigenvalue weighted by atomic mass is 19.4. The maximum absolute atomic E-state index is 13.1. The number of rotatable bonds is 4. The Morgan fingerprint density at radius 3 is 1.93 bits per heavy atom. The van der Waals surface area contributed by atoms with Gasteiger partial charge >= 0.3 is 18.1 Å². The zero-order chi connectivity index (χ0) is 21.9. The molecule has 156 valence electrons. The summed E-state index contributed by atoms with van der Waals surface area (Å²) in [5.41, 5.74) is 0.0767. The Balaban J connectivity index is 2.17. The monoisotopic (exact) mass is 417 g/mol. The fraction of sp³-hybridized carbons (Fsp3) is 0.182. The van der Waals surface area contributed by atoms with Gasteiger partial charge in [0, 0.05) is 18.1 Å². The van der Waals surface area contributed by atoms with E-state index in [9.17, 15) is 22.8 Å². The third-order valence-corrected chi connectivity index (χ3v) is 4.63. The van der Waals surface area contributed by atoms with Gasteiger partial charge in [-0.15, -0.1) is 0 Å². The third-order valence-electron chi connectivity index (χ3n) is 4.63. The van der Waals surface area contributed by atoms with E-state index in [-0.39, 0.29) is 16.8 Å². The van der Waals surface area contributed by atoms with Gasteiger partial charge in [0.15, 0.2) is 0 Å². The molecule has 0 spiro atoms. The Labute approximate surface area is 171 Å². The number of methoxy groups -OCH3 is 2. The molecule has 2 aromatic rings. The lowest BCUT2D eigenvalue weighted by atomic mass is 9.83. The van der Waals surface area contributed by atoms with E-state index in [0.29, 0.717) is 5.56 Å². The number of carbonyl (C=O) groups is 2. The van der Waals surface area contributed by atoms with Crippen molar-refractivity contribution < 1.29 is 32.2 Å². The fourth-order valence-electron chi connectivity index (χ4n) is 3.23. The molecule has 5 nitrogen and oxygen atoms in total. The summed E-state index contributed by atoms with van der Waals surface area (Å²) in [6.45, 7) is 0. The van der Waals surface area contributed by atoms with Crippen LogP contribution in [0.4, 0.5) is 18.9 Å². The highest BCUT2D eigenvalue weighted by Crippen LogP contribution is 2.39. The number of hydrogen-bond acceptors (Lipinski definition) is 5. The summed E-state index contributed by atoms with van der Waals surface area (Å²) in [5, 5.41) is 0. The number of anilines is 1. The number of nitrogens with zero attached hydrogens (tertiary/aromatic N) is 1. The number of alkyl halides is 3. The van der Waals surface area contributed by atoms with Gasteiger partial charge in [0.05, 0.1) is 36.8 Å². The molecule has 1 aliphatic heterocycles. The fourth-order valence-corrected chi connectivity index (χ4v) is 3.23. The molecule has 0 amide bonds. The summed E-state index contributed by atoms with van der Waals surface area (Å²) in [6, 6.07) is 13.3. The Morgan fingerprint density at radius 2 is 1.43 bits per heavy atom. The van der Waals surface area contributed by atoms with Crippen LogP contribution in [0.3, 0.4) is 0 Å². The van der Waals surface area contributed by atoms with Gasteiger partial charge in [-0.25, -0.2) is 9.59 Å². The Bertz CT molecular complexity index is 979. The first kappa shape index (κ1) is 21.2. The first-order valence-corrected chi connectivity index (χ1v) is 8.87. The second-order valence-corrected chi connectivity index (χ2v) is 6.45. The summed E-state index contributed by atoms with van der Waals surface area (Å²) < 4.78 is 49.2. The van der Waals surface area contributed by atoms with Crippen molar-refractivity contribution in [2.75, 3.05) is 19.1 Å². The average molecular weight is 417 g/mol. The molecule has 0 fully saturated rings. The van der Waals surface area contributed by atoms with Crippen LogP contribution >= 0.6 is 0 Å². The van der Waals surface area contributed by atoms with Crippen molar-refractivity contribution in [2.24, 2.45) is 0 Å². The first-order valence-electron chi connectivity index (χ1n) is 8.87. The van der Waals surface area contributed by atoms with Gasteiger partial charge in [0.25, 0.3) is 0 Å². The topological polar surface area (TPSA) is 55.8 Å². The van der Waals surface area contributed by atoms with Gasteiger partial charge < -0.3 is 14.4 Å². The molecule has 0 bridgehead atoms. The molecule has 1 aliphatic rings. The number of esters is 2. The highest BCUT2D eigenvalue weighted by molar-refractivity contribution is 5.99. The van der Waals surface area contributed by atoms with E-state index in [4.69, 9.17) is 9.47 Å². The van der Waals surface area contributed by atoms with Crippen LogP contribution in [0.2, 0.25) is 0 Å². The van der Waals surface area contributed by atoms with Crippen molar-refractivity contribution in [3.63, 3.8) is 0 Å². The Morgan fingerprint density at radius 1 is 0.867 bits per heavy atom. The average Bonchev–Trinajstić information content (AvgIpc) is 2.77. The van der Waals surface area contributed by atoms with E-state index >= 15 is 0 Å². The molecule has 0 radical (unpaired) electrons. The lowest BCUT2D eigenvalue weighted by Crippen LogP contribution is -2.28. The van der Waals surface area contributed by atoms with E-state index < -0.39 is 29.6 Å². The largest absolute Gasteiger partial charge is 0.466 e. The van der Waals surface area contributed by atoms with Gasteiger partial charge in [-0.2, -0.15) is 13.2 Å². The van der Waals surface area contributed by atoms with Gasteiger partial charge in [-0.3, -0.25) is 0 Å². The van der Waals surface area contributed by atoms with E-state index in [1.165, 1.54) is 43.7 Å². The maximum Gasteiger partial charge on any atom is 0.416 e. The molecule has 3 rings (SSSR count). The quantitative estimate of drug-likeness (QED) is 0.690. The zero-order valence-corrected chi connectivity index (χ0v) is 16.1. The minimum atomic E-state index is -4.54. The van der Waals surface area contributed by atoms with Crippen molar-refractivity contribution >= 4 is 17.6 Å². The van der Waals surface area contributed by atoms with E-state index in [1.807, 2.05) is 0 Å². The highest BCUT2D eigenvalue weighted by Gasteiger charge is 2.36. The number of benzene rings is 2. The summed E-state index contributed by atoms with van der Waals surface area (Å²) in [5.74, 6) is -2.22. The van der Waals surface area contributed by atoms with Gasteiger partial charge in [0.2, 0.25) is 0 Å². The van der Waals surface area contributed by atoms with Crippen molar-refractivity contribution in [1.29, 1.82) is 0 Å².